The topological polar surface area (TPSA) is 4.93 Å². The number of benzene rings is 7. The Morgan fingerprint density at radius 1 is 0.469 bits per heavy atom. The second kappa shape index (κ2) is 9.81. The molecule has 1 nitrogen and oxygen atoms in total. The third-order valence-corrected chi connectivity index (χ3v) is 11.0. The number of allylic oxidation sites excluding steroid dienone is 3. The zero-order chi connectivity index (χ0) is 32.1. The van der Waals surface area contributed by atoms with E-state index in [0.29, 0.717) is 0 Å². The minimum atomic E-state index is -0.433. The van der Waals surface area contributed by atoms with Crippen molar-refractivity contribution in [1.82, 2.24) is 4.57 Å². The smallest absolute Gasteiger partial charge is 0.0754 e. The fraction of sp³-hybridized carbons (Fsp3) is 0.0208. The van der Waals surface area contributed by atoms with E-state index >= 15 is 0 Å². The summed E-state index contributed by atoms with van der Waals surface area (Å²) in [7, 11) is 0. The van der Waals surface area contributed by atoms with Crippen LogP contribution in [0.25, 0.3) is 67.1 Å². The number of aromatic nitrogens is 1. The molecule has 0 amide bonds. The Hall–Kier alpha value is -6.40. The molecule has 0 saturated heterocycles. The van der Waals surface area contributed by atoms with E-state index in [1.54, 1.807) is 0 Å². The van der Waals surface area contributed by atoms with Crippen molar-refractivity contribution in [2.45, 2.75) is 5.41 Å². The minimum absolute atomic E-state index is 0.433. The van der Waals surface area contributed by atoms with E-state index in [0.717, 1.165) is 10.8 Å². The van der Waals surface area contributed by atoms with Crippen molar-refractivity contribution in [1.29, 1.82) is 0 Å². The summed E-state index contributed by atoms with van der Waals surface area (Å²) in [5, 5.41) is 4.91. The van der Waals surface area contributed by atoms with Crippen molar-refractivity contribution in [3.8, 4) is 27.9 Å². The van der Waals surface area contributed by atoms with Crippen LogP contribution in [0.4, 0.5) is 0 Å². The number of para-hydroxylation sites is 3. The summed E-state index contributed by atoms with van der Waals surface area (Å²) >= 11 is 0. The fourth-order valence-corrected chi connectivity index (χ4v) is 9.03. The van der Waals surface area contributed by atoms with Crippen molar-refractivity contribution < 1.29 is 0 Å². The first-order chi connectivity index (χ1) is 24.3. The summed E-state index contributed by atoms with van der Waals surface area (Å²) in [5.74, 6) is 0. The van der Waals surface area contributed by atoms with Crippen molar-refractivity contribution in [2.75, 3.05) is 0 Å². The van der Waals surface area contributed by atoms with E-state index in [4.69, 9.17) is 0 Å². The molecule has 11 rings (SSSR count). The van der Waals surface area contributed by atoms with Crippen LogP contribution in [0, 0.1) is 0 Å². The van der Waals surface area contributed by atoms with Gasteiger partial charge in [-0.3, -0.25) is 0 Å². The Balaban J connectivity index is 1.17. The fourth-order valence-electron chi connectivity index (χ4n) is 9.03. The average molecular weight is 620 g/mol. The highest BCUT2D eigenvalue weighted by Gasteiger charge is 2.50. The van der Waals surface area contributed by atoms with E-state index < -0.39 is 5.41 Å². The summed E-state index contributed by atoms with van der Waals surface area (Å²) in [6.45, 7) is 0. The van der Waals surface area contributed by atoms with Crippen LogP contribution in [-0.4, -0.2) is 4.57 Å². The van der Waals surface area contributed by atoms with Gasteiger partial charge in [-0.25, -0.2) is 0 Å². The number of rotatable bonds is 2. The molecule has 1 heteroatoms. The third kappa shape index (κ3) is 3.45. The van der Waals surface area contributed by atoms with E-state index in [1.165, 1.54) is 82.8 Å². The summed E-state index contributed by atoms with van der Waals surface area (Å²) < 4.78 is 2.50. The summed E-state index contributed by atoms with van der Waals surface area (Å²) in [6, 6.07) is 58.2. The van der Waals surface area contributed by atoms with Gasteiger partial charge in [0.05, 0.1) is 22.1 Å². The average Bonchev–Trinajstić information content (AvgIpc) is 3.55. The predicted molar refractivity (Wildman–Crippen MR) is 203 cm³/mol. The Kier molecular flexibility index (Phi) is 5.34. The van der Waals surface area contributed by atoms with Crippen LogP contribution < -0.4 is 10.4 Å². The molecule has 7 aromatic carbocycles. The van der Waals surface area contributed by atoms with E-state index in [2.05, 4.69) is 186 Å². The molecule has 1 atom stereocenters. The molecule has 0 radical (unpaired) electrons. The highest BCUT2D eigenvalue weighted by Crippen LogP contribution is 2.61. The first kappa shape index (κ1) is 26.6. The van der Waals surface area contributed by atoms with Crippen LogP contribution in [0.5, 0.6) is 0 Å². The lowest BCUT2D eigenvalue weighted by molar-refractivity contribution is 0.748. The molecular formula is C48H29N. The third-order valence-electron chi connectivity index (χ3n) is 11.0. The molecule has 226 valence electrons. The lowest BCUT2D eigenvalue weighted by Gasteiger charge is -2.39. The molecule has 1 unspecified atom stereocenters. The molecule has 2 heterocycles. The molecule has 0 bridgehead atoms. The Morgan fingerprint density at radius 2 is 1.18 bits per heavy atom. The quantitative estimate of drug-likeness (QED) is 0.182. The first-order valence-electron chi connectivity index (χ1n) is 17.0. The van der Waals surface area contributed by atoms with Crippen LogP contribution >= 0.6 is 0 Å². The molecule has 1 aromatic heterocycles. The van der Waals surface area contributed by atoms with Gasteiger partial charge in [-0.1, -0.05) is 152 Å². The maximum Gasteiger partial charge on any atom is 0.0754 e. The van der Waals surface area contributed by atoms with Crippen molar-refractivity contribution >= 4 is 39.2 Å². The zero-order valence-corrected chi connectivity index (χ0v) is 26.7. The summed E-state index contributed by atoms with van der Waals surface area (Å²) in [6.07, 6.45) is 6.66. The Labute approximate surface area is 284 Å². The van der Waals surface area contributed by atoms with Crippen LogP contribution in [0.15, 0.2) is 170 Å². The predicted octanol–water partition coefficient (Wildman–Crippen LogP) is 9.94. The van der Waals surface area contributed by atoms with Gasteiger partial charge in [0.15, 0.2) is 0 Å². The molecule has 1 spiro atoms. The van der Waals surface area contributed by atoms with Crippen LogP contribution in [0.3, 0.4) is 0 Å². The number of fused-ring (bicyclic) bond motifs is 13. The highest BCUT2D eigenvalue weighted by atomic mass is 15.0. The highest BCUT2D eigenvalue weighted by molar-refractivity contribution is 6.12. The van der Waals surface area contributed by atoms with Gasteiger partial charge in [-0.05, 0) is 85.1 Å². The minimum Gasteiger partial charge on any atom is -0.309 e. The van der Waals surface area contributed by atoms with Crippen LogP contribution in [0.1, 0.15) is 27.8 Å². The monoisotopic (exact) mass is 619 g/mol. The normalized spacial score (nSPS) is 16.3. The van der Waals surface area contributed by atoms with Gasteiger partial charge in [-0.2, -0.15) is 0 Å². The maximum atomic E-state index is 3.71. The number of nitrogens with zero attached hydrogens (tertiary/aromatic N) is 1. The van der Waals surface area contributed by atoms with E-state index in [-0.39, 0.29) is 0 Å². The van der Waals surface area contributed by atoms with Gasteiger partial charge in [-0.15, -0.1) is 5.73 Å². The van der Waals surface area contributed by atoms with Gasteiger partial charge in [0.25, 0.3) is 0 Å². The van der Waals surface area contributed by atoms with Crippen LogP contribution in [0.2, 0.25) is 0 Å². The van der Waals surface area contributed by atoms with Gasteiger partial charge >= 0.3 is 0 Å². The van der Waals surface area contributed by atoms with Gasteiger partial charge in [0.1, 0.15) is 0 Å². The molecule has 3 aliphatic rings. The second-order valence-corrected chi connectivity index (χ2v) is 13.3. The van der Waals surface area contributed by atoms with Gasteiger partial charge in [0, 0.05) is 16.0 Å². The molecule has 0 N–H and O–H groups in total. The maximum absolute atomic E-state index is 3.71. The van der Waals surface area contributed by atoms with Crippen molar-refractivity contribution in [3.05, 3.63) is 208 Å². The molecule has 2 aliphatic carbocycles. The molecule has 0 fully saturated rings. The number of hydrogen-bond donors (Lipinski definition) is 0. The molecule has 1 aliphatic heterocycles. The van der Waals surface area contributed by atoms with Crippen molar-refractivity contribution in [3.63, 3.8) is 0 Å². The van der Waals surface area contributed by atoms with Gasteiger partial charge < -0.3 is 4.57 Å². The molecule has 8 aromatic rings. The standard InChI is InChI=1S/C48H29N/c1-2-12-32(13-3-1)35-17-10-14-33-25-24-31(26-28-36(33)35)34-27-29-42-40(30-34)37-15-4-6-19-41(37)48(42)43-20-7-9-23-46(43)49-45-22-8-5-16-38(45)39-18-11-21-44(48)47(39)49/h1-27,29-30H. The van der Waals surface area contributed by atoms with E-state index in [9.17, 15) is 0 Å². The lowest BCUT2D eigenvalue weighted by atomic mass is 9.65. The van der Waals surface area contributed by atoms with Gasteiger partial charge in [0.2, 0.25) is 0 Å². The molecular weight excluding hydrogens is 591 g/mol. The zero-order valence-electron chi connectivity index (χ0n) is 26.7. The lowest BCUT2D eigenvalue weighted by Crippen LogP contribution is -2.33. The second-order valence-electron chi connectivity index (χ2n) is 13.3. The van der Waals surface area contributed by atoms with E-state index in [1.807, 2.05) is 0 Å². The van der Waals surface area contributed by atoms with Crippen molar-refractivity contribution in [2.24, 2.45) is 0 Å². The summed E-state index contributed by atoms with van der Waals surface area (Å²) in [4.78, 5) is 0. The Morgan fingerprint density at radius 3 is 2.12 bits per heavy atom. The first-order valence-corrected chi connectivity index (χ1v) is 17.0. The SMILES string of the molecule is C1=CC(c2ccc3c(c2)-c2ccccc2C32c3ccccc3-n3c4ccccc4c4cccc2c43)=CC=c2cccc(-c3ccccc3)c2=1. The van der Waals surface area contributed by atoms with Crippen LogP contribution in [-0.2, 0) is 5.41 Å². The molecule has 49 heavy (non-hydrogen) atoms. The molecule has 0 saturated carbocycles. The summed E-state index contributed by atoms with van der Waals surface area (Å²) in [5.41, 5.74) is 19.8. The number of hydrogen-bond acceptors (Lipinski definition) is 0. The largest absolute Gasteiger partial charge is 0.309 e. The Bertz CT molecular complexity index is 2910.